The van der Waals surface area contributed by atoms with Crippen molar-refractivity contribution in [1.29, 1.82) is 0 Å². The largest absolute Gasteiger partial charge is 0.508 e. The highest BCUT2D eigenvalue weighted by Crippen LogP contribution is 2.37. The molecule has 0 aliphatic heterocycles. The highest BCUT2D eigenvalue weighted by atomic mass is 35.5. The zero-order valence-electron chi connectivity index (χ0n) is 42.9. The van der Waals surface area contributed by atoms with E-state index < -0.39 is 41.2 Å². The van der Waals surface area contributed by atoms with Gasteiger partial charge in [0.15, 0.2) is 0 Å². The van der Waals surface area contributed by atoms with Crippen LogP contribution in [-0.2, 0) is 17.6 Å². The molecule has 15 nitrogen and oxygen atoms in total. The lowest BCUT2D eigenvalue weighted by molar-refractivity contribution is 0.0259. The molecule has 2 aromatic heterocycles. The number of benzene rings is 7. The third-order valence-corrected chi connectivity index (χ3v) is 13.7. The standard InChI is InChI=1S/C34H26ClN3O5.C20H18ClN3O3.C7H5ClO/c1-21-26(16-19-29(36-3)30(21)35)20-28(22(2)41-33(39)24-10-6-4-7-11-24)32-38-37-31(43-32)23-14-17-27(18-15-23)42-34(40)25-12-8-5-9-13-25;1-11-14(6-9-17(22-3)18(11)21)10-16(12(2)25)20-24-23-19(27-20)13-4-7-15(26)8-5-13;8-7(9)6-4-2-1-3-5-6/h4-19,22,28H,20H2,1-2H3;4-9,12,16,25-26H,10H2,1-2H3;1-5H/t22-,28+;12-,16+;/m00./s1. The van der Waals surface area contributed by atoms with Crippen LogP contribution >= 0.6 is 34.8 Å². The van der Waals surface area contributed by atoms with E-state index in [4.69, 9.17) is 66.3 Å². The number of nitrogens with zero attached hydrogens (tertiary/aromatic N) is 6. The number of carbonyl (C=O) groups excluding carboxylic acids is 3. The van der Waals surface area contributed by atoms with Gasteiger partial charge in [0.1, 0.15) is 17.6 Å². The van der Waals surface area contributed by atoms with E-state index in [1.165, 1.54) is 12.1 Å². The first-order chi connectivity index (χ1) is 38.0. The summed E-state index contributed by atoms with van der Waals surface area (Å²) in [6.45, 7) is 21.6. The van der Waals surface area contributed by atoms with Crippen LogP contribution in [0.1, 0.15) is 90.8 Å². The fourth-order valence-corrected chi connectivity index (χ4v) is 8.48. The number of aliphatic hydroxyl groups is 1. The molecule has 0 aliphatic carbocycles. The number of ether oxygens (including phenoxy) is 2. The lowest BCUT2D eigenvalue weighted by Crippen LogP contribution is -2.25. The van der Waals surface area contributed by atoms with Crippen molar-refractivity contribution >= 4 is 63.4 Å². The smallest absolute Gasteiger partial charge is 0.343 e. The second-order valence-corrected chi connectivity index (χ2v) is 18.9. The van der Waals surface area contributed by atoms with Crippen LogP contribution < -0.4 is 4.74 Å². The van der Waals surface area contributed by atoms with Gasteiger partial charge in [0.05, 0.1) is 52.3 Å². The minimum absolute atomic E-state index is 0.149. The average Bonchev–Trinajstić information content (AvgIpc) is 4.20. The Kier molecular flexibility index (Phi) is 20.0. The summed E-state index contributed by atoms with van der Waals surface area (Å²) < 4.78 is 23.2. The summed E-state index contributed by atoms with van der Waals surface area (Å²) in [5, 5.41) is 36.7. The second-order valence-electron chi connectivity index (χ2n) is 17.8. The summed E-state index contributed by atoms with van der Waals surface area (Å²) in [7, 11) is 0. The molecule has 0 saturated heterocycles. The summed E-state index contributed by atoms with van der Waals surface area (Å²) >= 11 is 17.9. The molecular weight excluding hydrogens is 1070 g/mol. The van der Waals surface area contributed by atoms with Gasteiger partial charge in [0.25, 0.3) is 5.24 Å². The number of aliphatic hydroxyl groups excluding tert-OH is 1. The van der Waals surface area contributed by atoms with Crippen LogP contribution in [0.15, 0.2) is 173 Å². The number of esters is 2. The summed E-state index contributed by atoms with van der Waals surface area (Å²) in [5.74, 6) is -0.209. The molecule has 0 aliphatic rings. The van der Waals surface area contributed by atoms with Crippen molar-refractivity contribution in [2.24, 2.45) is 0 Å². The molecule has 2 N–H and O–H groups in total. The molecule has 9 rings (SSSR count). The lowest BCUT2D eigenvalue weighted by Gasteiger charge is -2.22. The molecule has 0 radical (unpaired) electrons. The Hall–Kier alpha value is -8.96. The second kappa shape index (κ2) is 27.4. The quantitative estimate of drug-likeness (QED) is 0.0426. The van der Waals surface area contributed by atoms with E-state index in [1.807, 2.05) is 44.2 Å². The van der Waals surface area contributed by atoms with E-state index in [9.17, 15) is 24.6 Å². The number of carbonyl (C=O) groups is 3. The van der Waals surface area contributed by atoms with Crippen LogP contribution in [0, 0.1) is 27.0 Å². The van der Waals surface area contributed by atoms with Crippen LogP contribution in [0.25, 0.3) is 32.6 Å². The van der Waals surface area contributed by atoms with Gasteiger partial charge in [-0.15, -0.1) is 20.4 Å². The van der Waals surface area contributed by atoms with Crippen molar-refractivity contribution in [2.45, 2.75) is 64.6 Å². The molecule has 2 heterocycles. The van der Waals surface area contributed by atoms with Crippen molar-refractivity contribution in [3.05, 3.63) is 247 Å². The number of phenolic OH excluding ortho intramolecular Hbond substituents is 1. The number of aromatic nitrogens is 4. The molecule has 0 saturated carbocycles. The van der Waals surface area contributed by atoms with Crippen LogP contribution in [0.4, 0.5) is 11.4 Å². The average molecular weight is 1120 g/mol. The molecule has 7 aromatic carbocycles. The molecule has 79 heavy (non-hydrogen) atoms. The van der Waals surface area contributed by atoms with Crippen LogP contribution in [0.2, 0.25) is 10.0 Å². The minimum Gasteiger partial charge on any atom is -0.508 e. The monoisotopic (exact) mass is 1110 g/mol. The Morgan fingerprint density at radius 1 is 0.570 bits per heavy atom. The maximum atomic E-state index is 12.9. The number of hydrogen-bond donors (Lipinski definition) is 2. The van der Waals surface area contributed by atoms with Gasteiger partial charge in [-0.1, -0.05) is 114 Å². The molecule has 0 spiro atoms. The van der Waals surface area contributed by atoms with E-state index in [0.717, 1.165) is 22.3 Å². The van der Waals surface area contributed by atoms with E-state index in [-0.39, 0.29) is 17.5 Å². The van der Waals surface area contributed by atoms with Crippen molar-refractivity contribution in [1.82, 2.24) is 20.4 Å². The normalized spacial score (nSPS) is 12.1. The third-order valence-electron chi connectivity index (χ3n) is 12.5. The SMILES string of the molecule is O=C(Cl)c1ccccc1.[C-]#[N+]c1ccc(C[C@@H](c2nnc(-c3ccc(O)cc3)o2)[C@H](C)O)c(C)c1Cl.[C-]#[N+]c1ccc(C[C@@H](c2nnc(-c3ccc(OC(=O)c4ccccc4)cc3)o2)[C@H](C)OC(=O)c2ccccc2)c(C)c1Cl. The van der Waals surface area contributed by atoms with Crippen molar-refractivity contribution in [2.75, 3.05) is 0 Å². The first-order valence-corrected chi connectivity index (χ1v) is 25.5. The van der Waals surface area contributed by atoms with Gasteiger partial charge >= 0.3 is 11.9 Å². The Morgan fingerprint density at radius 3 is 1.42 bits per heavy atom. The Morgan fingerprint density at radius 2 is 0.987 bits per heavy atom. The Bertz CT molecular complexity index is 3620. The van der Waals surface area contributed by atoms with Gasteiger partial charge in [-0.25, -0.2) is 19.3 Å². The Balaban J connectivity index is 0.000000212. The molecule has 0 unspecified atom stereocenters. The summed E-state index contributed by atoms with van der Waals surface area (Å²) in [6, 6.07) is 46.3. The molecule has 9 aromatic rings. The van der Waals surface area contributed by atoms with Gasteiger partial charge in [0.2, 0.25) is 34.9 Å². The highest BCUT2D eigenvalue weighted by molar-refractivity contribution is 6.67. The van der Waals surface area contributed by atoms with Gasteiger partial charge in [-0.05, 0) is 147 Å². The molecule has 0 bridgehead atoms. The Labute approximate surface area is 470 Å². The number of aromatic hydroxyl groups is 1. The number of hydrogen-bond acceptors (Lipinski definition) is 13. The molecule has 0 fully saturated rings. The van der Waals surface area contributed by atoms with Crippen LogP contribution in [0.5, 0.6) is 11.5 Å². The number of halogens is 3. The number of phenols is 1. The maximum Gasteiger partial charge on any atom is 0.343 e. The van der Waals surface area contributed by atoms with Gasteiger partial charge in [-0.2, -0.15) is 0 Å². The van der Waals surface area contributed by atoms with Crippen LogP contribution in [-0.4, -0.2) is 60.0 Å². The molecule has 398 valence electrons. The molecular formula is C61H49Cl3N6O9. The summed E-state index contributed by atoms with van der Waals surface area (Å²) in [5.41, 5.74) is 6.78. The van der Waals surface area contributed by atoms with Crippen molar-refractivity contribution in [3.63, 3.8) is 0 Å². The lowest BCUT2D eigenvalue weighted by atomic mass is 9.92. The van der Waals surface area contributed by atoms with E-state index >= 15 is 0 Å². The van der Waals surface area contributed by atoms with E-state index in [2.05, 4.69) is 30.1 Å². The first-order valence-electron chi connectivity index (χ1n) is 24.4. The molecule has 4 atom stereocenters. The fraction of sp³-hybridized carbons (Fsp3) is 0.164. The van der Waals surface area contributed by atoms with Gasteiger partial charge in [-0.3, -0.25) is 4.79 Å². The van der Waals surface area contributed by atoms with Crippen LogP contribution in [0.3, 0.4) is 0 Å². The number of rotatable bonds is 15. The first kappa shape index (κ1) is 57.7. The maximum absolute atomic E-state index is 12.9. The zero-order valence-corrected chi connectivity index (χ0v) is 45.1. The van der Waals surface area contributed by atoms with E-state index in [0.29, 0.717) is 79.6 Å². The minimum atomic E-state index is -0.725. The van der Waals surface area contributed by atoms with Gasteiger partial charge in [0, 0.05) is 16.7 Å². The topological polar surface area (TPSA) is 197 Å². The molecule has 18 heteroatoms. The summed E-state index contributed by atoms with van der Waals surface area (Å²) in [6.07, 6.45) is -0.571. The summed E-state index contributed by atoms with van der Waals surface area (Å²) in [4.78, 5) is 42.6. The highest BCUT2D eigenvalue weighted by Gasteiger charge is 2.31. The zero-order chi connectivity index (χ0) is 56.6. The van der Waals surface area contributed by atoms with Crippen molar-refractivity contribution in [3.8, 4) is 34.4 Å². The third kappa shape index (κ3) is 15.2. The van der Waals surface area contributed by atoms with Gasteiger partial charge < -0.3 is 28.5 Å². The van der Waals surface area contributed by atoms with E-state index in [1.54, 1.807) is 135 Å². The predicted octanol–water partition coefficient (Wildman–Crippen LogP) is 14.8. The predicted molar refractivity (Wildman–Crippen MR) is 300 cm³/mol. The fourth-order valence-electron chi connectivity index (χ4n) is 7.90. The van der Waals surface area contributed by atoms with Crippen molar-refractivity contribution < 1.29 is 42.9 Å². The molecule has 0 amide bonds.